The third-order valence-corrected chi connectivity index (χ3v) is 5.78. The van der Waals surface area contributed by atoms with Crippen LogP contribution in [0.4, 0.5) is 0 Å². The van der Waals surface area contributed by atoms with Crippen LogP contribution >= 0.6 is 35.0 Å². The van der Waals surface area contributed by atoms with Gasteiger partial charge in [-0.15, -0.1) is 11.8 Å². The highest BCUT2D eigenvalue weighted by Crippen LogP contribution is 2.25. The second-order valence-electron chi connectivity index (χ2n) is 6.37. The Bertz CT molecular complexity index is 960. The number of hydrogen-bond donors (Lipinski definition) is 0. The van der Waals surface area contributed by atoms with Gasteiger partial charge in [-0.3, -0.25) is 4.79 Å². The van der Waals surface area contributed by atoms with Gasteiger partial charge in [-0.1, -0.05) is 64.3 Å². The van der Waals surface area contributed by atoms with Crippen molar-refractivity contribution in [3.63, 3.8) is 0 Å². The van der Waals surface area contributed by atoms with E-state index >= 15 is 0 Å². The molecule has 1 heterocycles. The van der Waals surface area contributed by atoms with Crippen molar-refractivity contribution in [2.45, 2.75) is 19.2 Å². The summed E-state index contributed by atoms with van der Waals surface area (Å²) >= 11 is 13.4. The lowest BCUT2D eigenvalue weighted by Crippen LogP contribution is -2.28. The Morgan fingerprint density at radius 3 is 2.61 bits per heavy atom. The monoisotopic (exact) mass is 435 g/mol. The Morgan fingerprint density at radius 2 is 1.89 bits per heavy atom. The van der Waals surface area contributed by atoms with Crippen LogP contribution < -0.4 is 0 Å². The molecule has 0 atom stereocenters. The molecule has 1 aromatic heterocycles. The van der Waals surface area contributed by atoms with Crippen LogP contribution in [0.15, 0.2) is 47.0 Å². The van der Waals surface area contributed by atoms with Crippen molar-refractivity contribution in [1.82, 2.24) is 15.0 Å². The summed E-state index contributed by atoms with van der Waals surface area (Å²) in [7, 11) is 1.72. The highest BCUT2D eigenvalue weighted by atomic mass is 35.5. The second kappa shape index (κ2) is 9.45. The number of halogens is 2. The normalized spacial score (nSPS) is 10.9. The molecular weight excluding hydrogens is 417 g/mol. The molecule has 28 heavy (non-hydrogen) atoms. The van der Waals surface area contributed by atoms with E-state index in [0.29, 0.717) is 33.3 Å². The molecular formula is C20H19Cl2N3O2S. The first-order valence-electron chi connectivity index (χ1n) is 8.57. The molecule has 5 nitrogen and oxygen atoms in total. The summed E-state index contributed by atoms with van der Waals surface area (Å²) < 4.78 is 5.28. The van der Waals surface area contributed by atoms with Crippen molar-refractivity contribution in [2.24, 2.45) is 0 Å². The number of hydrogen-bond acceptors (Lipinski definition) is 5. The number of carbonyl (C=O) groups is 1. The first-order valence-corrected chi connectivity index (χ1v) is 10.5. The van der Waals surface area contributed by atoms with E-state index in [1.807, 2.05) is 43.3 Å². The van der Waals surface area contributed by atoms with Gasteiger partial charge in [-0.25, -0.2) is 0 Å². The molecule has 0 aliphatic carbocycles. The molecule has 3 rings (SSSR count). The van der Waals surface area contributed by atoms with Gasteiger partial charge in [-0.2, -0.15) is 4.98 Å². The Kier molecular flexibility index (Phi) is 6.99. The third-order valence-electron chi connectivity index (χ3n) is 4.05. The predicted molar refractivity (Wildman–Crippen MR) is 114 cm³/mol. The third kappa shape index (κ3) is 5.50. The summed E-state index contributed by atoms with van der Waals surface area (Å²) in [5, 5.41) is 5.03. The summed E-state index contributed by atoms with van der Waals surface area (Å²) in [6.45, 7) is 2.29. The number of rotatable bonds is 7. The van der Waals surface area contributed by atoms with Gasteiger partial charge in [0, 0.05) is 18.4 Å². The van der Waals surface area contributed by atoms with E-state index in [0.717, 1.165) is 16.7 Å². The van der Waals surface area contributed by atoms with Gasteiger partial charge in [0.15, 0.2) is 0 Å². The lowest BCUT2D eigenvalue weighted by molar-refractivity contribution is -0.127. The molecule has 0 spiro atoms. The van der Waals surface area contributed by atoms with Crippen molar-refractivity contribution in [3.8, 4) is 11.4 Å². The Balaban J connectivity index is 1.50. The van der Waals surface area contributed by atoms with Gasteiger partial charge in [0.2, 0.25) is 17.6 Å². The fourth-order valence-electron chi connectivity index (χ4n) is 2.43. The predicted octanol–water partition coefficient (Wildman–Crippen LogP) is 5.24. The first kappa shape index (κ1) is 20.7. The standard InChI is InChI=1S/C20H19Cl2N3O2S/c1-13-3-6-15(7-4-13)20-23-18(27-24-20)10-25(2)19(26)12-28-11-14-5-8-16(21)17(22)9-14/h3-9H,10-12H2,1-2H3. The number of thioether (sulfide) groups is 1. The van der Waals surface area contributed by atoms with E-state index in [-0.39, 0.29) is 12.5 Å². The zero-order chi connectivity index (χ0) is 20.1. The molecule has 0 aliphatic rings. The van der Waals surface area contributed by atoms with Crippen molar-refractivity contribution in [2.75, 3.05) is 12.8 Å². The average Bonchev–Trinajstić information content (AvgIpc) is 3.13. The summed E-state index contributed by atoms with van der Waals surface area (Å²) in [4.78, 5) is 18.3. The molecule has 1 amide bonds. The zero-order valence-corrected chi connectivity index (χ0v) is 17.8. The summed E-state index contributed by atoms with van der Waals surface area (Å²) in [6.07, 6.45) is 0. The number of benzene rings is 2. The average molecular weight is 436 g/mol. The molecule has 8 heteroatoms. The van der Waals surface area contributed by atoms with Crippen LogP contribution in [0.5, 0.6) is 0 Å². The van der Waals surface area contributed by atoms with Crippen molar-refractivity contribution in [1.29, 1.82) is 0 Å². The van der Waals surface area contributed by atoms with Crippen LogP contribution in [-0.2, 0) is 17.1 Å². The summed E-state index contributed by atoms with van der Waals surface area (Å²) in [6, 6.07) is 13.3. The Morgan fingerprint density at radius 1 is 1.14 bits per heavy atom. The van der Waals surface area contributed by atoms with E-state index in [1.165, 1.54) is 11.8 Å². The number of carbonyl (C=O) groups excluding carboxylic acids is 1. The van der Waals surface area contributed by atoms with Crippen LogP contribution in [0.2, 0.25) is 10.0 Å². The quantitative estimate of drug-likeness (QED) is 0.507. The van der Waals surface area contributed by atoms with Crippen LogP contribution in [0.25, 0.3) is 11.4 Å². The van der Waals surface area contributed by atoms with Gasteiger partial charge in [0.25, 0.3) is 0 Å². The maximum Gasteiger partial charge on any atom is 0.246 e. The van der Waals surface area contributed by atoms with Gasteiger partial charge in [0.05, 0.1) is 22.3 Å². The fraction of sp³-hybridized carbons (Fsp3) is 0.250. The van der Waals surface area contributed by atoms with Crippen molar-refractivity contribution >= 4 is 40.9 Å². The molecule has 0 saturated carbocycles. The van der Waals surface area contributed by atoms with E-state index in [9.17, 15) is 4.79 Å². The molecule has 0 aliphatic heterocycles. The lowest BCUT2D eigenvalue weighted by atomic mass is 10.1. The number of aromatic nitrogens is 2. The maximum absolute atomic E-state index is 12.3. The van der Waals surface area contributed by atoms with E-state index in [1.54, 1.807) is 18.0 Å². The molecule has 3 aromatic rings. The fourth-order valence-corrected chi connectivity index (χ4v) is 3.66. The van der Waals surface area contributed by atoms with Crippen LogP contribution in [0.3, 0.4) is 0 Å². The zero-order valence-electron chi connectivity index (χ0n) is 15.5. The molecule has 0 radical (unpaired) electrons. The van der Waals surface area contributed by atoms with E-state index in [2.05, 4.69) is 10.1 Å². The molecule has 0 fully saturated rings. The number of aryl methyl sites for hydroxylation is 1. The minimum Gasteiger partial charge on any atom is -0.337 e. The highest BCUT2D eigenvalue weighted by Gasteiger charge is 2.15. The van der Waals surface area contributed by atoms with Crippen LogP contribution in [0.1, 0.15) is 17.0 Å². The Hall–Kier alpha value is -2.02. The number of nitrogens with zero attached hydrogens (tertiary/aromatic N) is 3. The molecule has 0 N–H and O–H groups in total. The second-order valence-corrected chi connectivity index (χ2v) is 8.17. The topological polar surface area (TPSA) is 59.2 Å². The van der Waals surface area contributed by atoms with Gasteiger partial charge >= 0.3 is 0 Å². The lowest BCUT2D eigenvalue weighted by Gasteiger charge is -2.14. The van der Waals surface area contributed by atoms with Gasteiger partial charge in [0.1, 0.15) is 0 Å². The van der Waals surface area contributed by atoms with Crippen LogP contribution in [-0.4, -0.2) is 33.7 Å². The molecule has 0 unspecified atom stereocenters. The number of amides is 1. The summed E-state index contributed by atoms with van der Waals surface area (Å²) in [5.41, 5.74) is 3.07. The first-order chi connectivity index (χ1) is 13.4. The Labute approximate surface area is 178 Å². The molecule has 0 saturated heterocycles. The molecule has 146 valence electrons. The van der Waals surface area contributed by atoms with Crippen molar-refractivity contribution < 1.29 is 9.32 Å². The van der Waals surface area contributed by atoms with E-state index in [4.69, 9.17) is 27.7 Å². The summed E-state index contributed by atoms with van der Waals surface area (Å²) in [5.74, 6) is 1.93. The van der Waals surface area contributed by atoms with Crippen molar-refractivity contribution in [3.05, 3.63) is 69.5 Å². The molecule has 2 aromatic carbocycles. The van der Waals surface area contributed by atoms with Gasteiger partial charge < -0.3 is 9.42 Å². The van der Waals surface area contributed by atoms with Crippen LogP contribution in [0, 0.1) is 6.92 Å². The minimum atomic E-state index is -0.0138. The SMILES string of the molecule is Cc1ccc(-c2noc(CN(C)C(=O)CSCc3ccc(Cl)c(Cl)c3)n2)cc1. The highest BCUT2D eigenvalue weighted by molar-refractivity contribution is 7.99. The maximum atomic E-state index is 12.3. The minimum absolute atomic E-state index is 0.0138. The molecule has 0 bridgehead atoms. The van der Waals surface area contributed by atoms with Gasteiger partial charge in [-0.05, 0) is 24.6 Å². The smallest absolute Gasteiger partial charge is 0.246 e. The largest absolute Gasteiger partial charge is 0.337 e. The van der Waals surface area contributed by atoms with E-state index < -0.39 is 0 Å².